The molecule has 1 aliphatic heterocycles. The molecule has 0 bridgehead atoms. The number of allylic oxidation sites excluding steroid dienone is 3. The normalized spacial score (nSPS) is 22.0. The molecule has 6 heteroatoms. The Hall–Kier alpha value is -2.57. The molecule has 1 aromatic carbocycles. The fraction of sp³-hybridized carbons (Fsp3) is 0.381. The van der Waals surface area contributed by atoms with Crippen molar-refractivity contribution in [3.63, 3.8) is 0 Å². The Balaban J connectivity index is 2.22. The van der Waals surface area contributed by atoms with Crippen LogP contribution in [0.15, 0.2) is 39.1 Å². The molecule has 144 valence electrons. The number of aromatic hydroxyl groups is 2. The fourth-order valence-electron chi connectivity index (χ4n) is 3.52. The standard InChI is InChI=1S/C21H25NO5/c1-4-12(2)5-6-13-9-15(23)20-17(25)10-16(24)19(21(20)27-13)14-7-8-22(3)11-18(14)26/h4-6,9-10,14,18,24-26H,7-8,11H2,1-3H3/b6-5+,12-4+. The zero-order chi connectivity index (χ0) is 19.7. The quantitative estimate of drug-likeness (QED) is 0.718. The molecule has 6 nitrogen and oxygen atoms in total. The van der Waals surface area contributed by atoms with Crippen LogP contribution >= 0.6 is 0 Å². The van der Waals surface area contributed by atoms with Crippen molar-refractivity contribution in [2.24, 2.45) is 0 Å². The largest absolute Gasteiger partial charge is 0.507 e. The van der Waals surface area contributed by atoms with Crippen LogP contribution in [-0.2, 0) is 0 Å². The van der Waals surface area contributed by atoms with Gasteiger partial charge in [-0.1, -0.05) is 17.7 Å². The number of likely N-dealkylation sites (N-methyl/N-ethyl adjacent to an activating group) is 1. The molecular weight excluding hydrogens is 346 g/mol. The van der Waals surface area contributed by atoms with E-state index in [4.69, 9.17) is 4.42 Å². The highest BCUT2D eigenvalue weighted by atomic mass is 16.3. The summed E-state index contributed by atoms with van der Waals surface area (Å²) in [5.74, 6) is -0.573. The first-order valence-electron chi connectivity index (χ1n) is 9.02. The van der Waals surface area contributed by atoms with Crippen LogP contribution in [0.3, 0.4) is 0 Å². The molecule has 2 aromatic rings. The van der Waals surface area contributed by atoms with Crippen LogP contribution in [0.25, 0.3) is 17.0 Å². The molecule has 2 unspecified atom stereocenters. The monoisotopic (exact) mass is 371 g/mol. The van der Waals surface area contributed by atoms with Gasteiger partial charge in [-0.2, -0.15) is 0 Å². The lowest BCUT2D eigenvalue weighted by atomic mass is 9.85. The average Bonchev–Trinajstić information content (AvgIpc) is 2.60. The van der Waals surface area contributed by atoms with Gasteiger partial charge in [0.15, 0.2) is 5.43 Å². The van der Waals surface area contributed by atoms with Crippen LogP contribution in [-0.4, -0.2) is 46.5 Å². The van der Waals surface area contributed by atoms with E-state index in [0.717, 1.165) is 18.2 Å². The summed E-state index contributed by atoms with van der Waals surface area (Å²) < 4.78 is 5.90. The summed E-state index contributed by atoms with van der Waals surface area (Å²) in [4.78, 5) is 14.6. The maximum absolute atomic E-state index is 12.6. The van der Waals surface area contributed by atoms with Crippen molar-refractivity contribution in [3.8, 4) is 11.5 Å². The van der Waals surface area contributed by atoms with E-state index in [1.807, 2.05) is 37.9 Å². The van der Waals surface area contributed by atoms with E-state index in [1.54, 1.807) is 6.08 Å². The van der Waals surface area contributed by atoms with E-state index in [1.165, 1.54) is 6.07 Å². The second kappa shape index (κ2) is 7.58. The molecule has 2 atom stereocenters. The van der Waals surface area contributed by atoms with Gasteiger partial charge in [0.1, 0.15) is 28.2 Å². The molecule has 1 fully saturated rings. The summed E-state index contributed by atoms with van der Waals surface area (Å²) in [6, 6.07) is 2.46. The molecule has 3 rings (SSSR count). The Labute approximate surface area is 157 Å². The number of likely N-dealkylation sites (tertiary alicyclic amines) is 1. The minimum Gasteiger partial charge on any atom is -0.507 e. The van der Waals surface area contributed by atoms with E-state index in [0.29, 0.717) is 24.3 Å². The lowest BCUT2D eigenvalue weighted by Gasteiger charge is -2.34. The summed E-state index contributed by atoms with van der Waals surface area (Å²) in [5.41, 5.74) is 1.11. The van der Waals surface area contributed by atoms with Crippen molar-refractivity contribution < 1.29 is 19.7 Å². The van der Waals surface area contributed by atoms with E-state index >= 15 is 0 Å². The number of phenolic OH excluding ortho intramolecular Hbond substituents is 2. The van der Waals surface area contributed by atoms with Crippen LogP contribution in [0.1, 0.15) is 37.5 Å². The van der Waals surface area contributed by atoms with Crippen molar-refractivity contribution in [3.05, 3.63) is 51.4 Å². The van der Waals surface area contributed by atoms with Gasteiger partial charge in [0.25, 0.3) is 0 Å². The minimum atomic E-state index is -0.711. The van der Waals surface area contributed by atoms with E-state index in [9.17, 15) is 20.1 Å². The average molecular weight is 371 g/mol. The smallest absolute Gasteiger partial charge is 0.197 e. The minimum absolute atomic E-state index is 0.0221. The zero-order valence-electron chi connectivity index (χ0n) is 15.8. The SMILES string of the molecule is C/C=C(C)/C=C/c1cc(=O)c2c(O)cc(O)c(C3CCN(C)CC3O)c2o1. The Bertz CT molecular complexity index is 973. The Morgan fingerprint density at radius 3 is 2.70 bits per heavy atom. The van der Waals surface area contributed by atoms with Crippen LogP contribution < -0.4 is 5.43 Å². The number of benzene rings is 1. The van der Waals surface area contributed by atoms with Crippen molar-refractivity contribution in [2.45, 2.75) is 32.3 Å². The van der Waals surface area contributed by atoms with Gasteiger partial charge >= 0.3 is 0 Å². The van der Waals surface area contributed by atoms with Gasteiger partial charge in [-0.05, 0) is 39.9 Å². The van der Waals surface area contributed by atoms with Crippen LogP contribution in [0.4, 0.5) is 0 Å². The van der Waals surface area contributed by atoms with E-state index in [2.05, 4.69) is 0 Å². The highest BCUT2D eigenvalue weighted by Gasteiger charge is 2.32. The molecule has 2 heterocycles. The molecule has 1 saturated heterocycles. The first kappa shape index (κ1) is 19.2. The van der Waals surface area contributed by atoms with Gasteiger partial charge in [-0.3, -0.25) is 4.79 Å². The summed E-state index contributed by atoms with van der Waals surface area (Å²) in [7, 11) is 1.92. The van der Waals surface area contributed by atoms with Crippen molar-refractivity contribution >= 4 is 17.0 Å². The van der Waals surface area contributed by atoms with Gasteiger partial charge in [0.05, 0.1) is 6.10 Å². The first-order valence-corrected chi connectivity index (χ1v) is 9.02. The van der Waals surface area contributed by atoms with E-state index < -0.39 is 11.5 Å². The number of piperidine rings is 1. The van der Waals surface area contributed by atoms with Crippen molar-refractivity contribution in [1.29, 1.82) is 0 Å². The number of aliphatic hydroxyl groups is 1. The topological polar surface area (TPSA) is 94.1 Å². The molecular formula is C21H25NO5. The third kappa shape index (κ3) is 3.77. The number of nitrogens with zero attached hydrogens (tertiary/aromatic N) is 1. The third-order valence-corrected chi connectivity index (χ3v) is 5.14. The number of hydrogen-bond acceptors (Lipinski definition) is 6. The van der Waals surface area contributed by atoms with Crippen LogP contribution in [0, 0.1) is 0 Å². The summed E-state index contributed by atoms with van der Waals surface area (Å²) in [5, 5.41) is 31.2. The molecule has 0 radical (unpaired) electrons. The summed E-state index contributed by atoms with van der Waals surface area (Å²) in [6.07, 6.45) is 5.31. The number of fused-ring (bicyclic) bond motifs is 1. The Kier molecular flexibility index (Phi) is 5.39. The van der Waals surface area contributed by atoms with Gasteiger partial charge in [-0.25, -0.2) is 0 Å². The van der Waals surface area contributed by atoms with Crippen LogP contribution in [0.2, 0.25) is 0 Å². The number of rotatable bonds is 3. The highest BCUT2D eigenvalue weighted by molar-refractivity contribution is 5.89. The van der Waals surface area contributed by atoms with Gasteiger partial charge in [-0.15, -0.1) is 0 Å². The van der Waals surface area contributed by atoms with E-state index in [-0.39, 0.29) is 28.4 Å². The zero-order valence-corrected chi connectivity index (χ0v) is 15.8. The van der Waals surface area contributed by atoms with Crippen molar-refractivity contribution in [1.82, 2.24) is 4.90 Å². The maximum atomic E-state index is 12.6. The molecule has 3 N–H and O–H groups in total. The first-order chi connectivity index (χ1) is 12.8. The fourth-order valence-corrected chi connectivity index (χ4v) is 3.52. The molecule has 0 spiro atoms. The Morgan fingerprint density at radius 1 is 1.30 bits per heavy atom. The lowest BCUT2D eigenvalue weighted by molar-refractivity contribution is 0.0630. The molecule has 0 amide bonds. The van der Waals surface area contributed by atoms with Crippen LogP contribution in [0.5, 0.6) is 11.5 Å². The predicted octanol–water partition coefficient (Wildman–Crippen LogP) is 2.96. The van der Waals surface area contributed by atoms with Gasteiger partial charge in [0.2, 0.25) is 0 Å². The second-order valence-electron chi connectivity index (χ2n) is 7.14. The molecule has 27 heavy (non-hydrogen) atoms. The molecule has 1 aromatic heterocycles. The highest BCUT2D eigenvalue weighted by Crippen LogP contribution is 2.41. The third-order valence-electron chi connectivity index (χ3n) is 5.14. The summed E-state index contributed by atoms with van der Waals surface area (Å²) >= 11 is 0. The summed E-state index contributed by atoms with van der Waals surface area (Å²) in [6.45, 7) is 5.03. The van der Waals surface area contributed by atoms with Gasteiger partial charge < -0.3 is 24.6 Å². The second-order valence-corrected chi connectivity index (χ2v) is 7.14. The molecule has 1 aliphatic rings. The van der Waals surface area contributed by atoms with Gasteiger partial charge in [0, 0.05) is 30.2 Å². The number of hydrogen-bond donors (Lipinski definition) is 3. The number of phenols is 2. The Morgan fingerprint density at radius 2 is 2.04 bits per heavy atom. The maximum Gasteiger partial charge on any atom is 0.197 e. The predicted molar refractivity (Wildman–Crippen MR) is 105 cm³/mol. The number of β-amino-alcohol motifs (C(OH)–C–C–N with tert-alkyl or cyclic N) is 1. The number of aliphatic hydroxyl groups excluding tert-OH is 1. The van der Waals surface area contributed by atoms with Crippen molar-refractivity contribution in [2.75, 3.05) is 20.1 Å². The lowest BCUT2D eigenvalue weighted by Crippen LogP contribution is -2.40. The molecule has 0 saturated carbocycles. The molecule has 0 aliphatic carbocycles.